The summed E-state index contributed by atoms with van der Waals surface area (Å²) in [6, 6.07) is 0.389. The van der Waals surface area contributed by atoms with E-state index >= 15 is 0 Å². The number of hydrogen-bond donors (Lipinski definition) is 2. The smallest absolute Gasteiger partial charge is 0.386 e. The highest BCUT2D eigenvalue weighted by Gasteiger charge is 2.42. The Morgan fingerprint density at radius 1 is 1.10 bits per heavy atom. The quantitative estimate of drug-likeness (QED) is 0.642. The first-order valence-electron chi connectivity index (χ1n) is 11.9. The molecule has 2 heterocycles. The fourth-order valence-corrected chi connectivity index (χ4v) is 5.66. The Kier molecular flexibility index (Phi) is 7.47. The zero-order chi connectivity index (χ0) is 21.8. The number of carbonyl (C=O) groups excluding carboxylic acids is 1. The van der Waals surface area contributed by atoms with E-state index in [9.17, 15) is 18.0 Å². The SMILES string of the molecule is O=C(NC1=CNC2CCC(CCOC3CCC(C(F)(F)F)CC3)CC12)C1CCOCC1. The number of alkyl halides is 3. The molecular formula is C23H35F3N2O3. The zero-order valence-electron chi connectivity index (χ0n) is 18.1. The number of amides is 1. The molecule has 2 saturated carbocycles. The Morgan fingerprint density at radius 2 is 1.84 bits per heavy atom. The van der Waals surface area contributed by atoms with E-state index in [-0.39, 0.29) is 30.8 Å². The molecule has 4 rings (SSSR count). The van der Waals surface area contributed by atoms with Gasteiger partial charge < -0.3 is 20.1 Å². The van der Waals surface area contributed by atoms with Gasteiger partial charge in [0.2, 0.25) is 5.91 Å². The van der Waals surface area contributed by atoms with Crippen molar-refractivity contribution in [3.05, 3.63) is 11.9 Å². The van der Waals surface area contributed by atoms with Gasteiger partial charge in [0.1, 0.15) is 0 Å². The minimum absolute atomic E-state index is 0.0303. The molecule has 0 aromatic rings. The number of carbonyl (C=O) groups is 1. The molecule has 8 heteroatoms. The van der Waals surface area contributed by atoms with E-state index < -0.39 is 12.1 Å². The molecule has 2 aliphatic carbocycles. The summed E-state index contributed by atoms with van der Waals surface area (Å²) in [5, 5.41) is 6.61. The Labute approximate surface area is 182 Å². The lowest BCUT2D eigenvalue weighted by molar-refractivity contribution is -0.187. The molecule has 0 bridgehead atoms. The summed E-state index contributed by atoms with van der Waals surface area (Å²) in [5.74, 6) is -0.161. The van der Waals surface area contributed by atoms with Gasteiger partial charge in [-0.1, -0.05) is 0 Å². The molecule has 0 spiro atoms. The van der Waals surface area contributed by atoms with Crippen LogP contribution in [-0.4, -0.2) is 44.0 Å². The van der Waals surface area contributed by atoms with Crippen LogP contribution in [0.25, 0.3) is 0 Å². The normalized spacial score (nSPS) is 34.5. The second-order valence-corrected chi connectivity index (χ2v) is 9.71. The number of ether oxygens (including phenoxy) is 2. The topological polar surface area (TPSA) is 59.6 Å². The van der Waals surface area contributed by atoms with E-state index in [0.29, 0.717) is 50.5 Å². The van der Waals surface area contributed by atoms with Crippen molar-refractivity contribution in [2.75, 3.05) is 19.8 Å². The molecule has 2 N–H and O–H groups in total. The van der Waals surface area contributed by atoms with Gasteiger partial charge in [-0.05, 0) is 70.1 Å². The summed E-state index contributed by atoms with van der Waals surface area (Å²) in [5.41, 5.74) is 1.01. The monoisotopic (exact) mass is 444 g/mol. The number of halogens is 3. The van der Waals surface area contributed by atoms with Crippen molar-refractivity contribution in [3.63, 3.8) is 0 Å². The van der Waals surface area contributed by atoms with Gasteiger partial charge in [0.25, 0.3) is 0 Å². The van der Waals surface area contributed by atoms with Crippen molar-refractivity contribution in [2.45, 2.75) is 82.5 Å². The van der Waals surface area contributed by atoms with E-state index in [1.165, 1.54) is 0 Å². The summed E-state index contributed by atoms with van der Waals surface area (Å²) in [4.78, 5) is 12.6. The van der Waals surface area contributed by atoms with Crippen LogP contribution in [0.5, 0.6) is 0 Å². The molecule has 0 aromatic heterocycles. The Balaban J connectivity index is 1.18. The second kappa shape index (κ2) is 10.1. The fourth-order valence-electron chi connectivity index (χ4n) is 5.66. The molecule has 1 amide bonds. The van der Waals surface area contributed by atoms with Gasteiger partial charge in [-0.25, -0.2) is 0 Å². The zero-order valence-corrected chi connectivity index (χ0v) is 18.1. The first-order chi connectivity index (χ1) is 14.9. The molecule has 31 heavy (non-hydrogen) atoms. The lowest BCUT2D eigenvalue weighted by Gasteiger charge is -2.34. The third-order valence-corrected chi connectivity index (χ3v) is 7.69. The van der Waals surface area contributed by atoms with Crippen LogP contribution >= 0.6 is 0 Å². The number of rotatable bonds is 6. The minimum atomic E-state index is -4.07. The highest BCUT2D eigenvalue weighted by Crippen LogP contribution is 2.40. The van der Waals surface area contributed by atoms with Crippen LogP contribution in [0.3, 0.4) is 0 Å². The highest BCUT2D eigenvalue weighted by molar-refractivity contribution is 5.80. The summed E-state index contributed by atoms with van der Waals surface area (Å²) in [6.45, 7) is 1.92. The van der Waals surface area contributed by atoms with Crippen LogP contribution in [0.1, 0.15) is 64.2 Å². The number of nitrogens with one attached hydrogen (secondary N) is 2. The average Bonchev–Trinajstić information content (AvgIpc) is 3.16. The van der Waals surface area contributed by atoms with Crippen molar-refractivity contribution in [3.8, 4) is 0 Å². The Bertz CT molecular complexity index is 640. The summed E-state index contributed by atoms with van der Waals surface area (Å²) in [7, 11) is 0. The van der Waals surface area contributed by atoms with E-state index in [1.807, 2.05) is 6.20 Å². The molecule has 3 fully saturated rings. The molecular weight excluding hydrogens is 409 g/mol. The maximum Gasteiger partial charge on any atom is 0.391 e. The van der Waals surface area contributed by atoms with Gasteiger partial charge in [0.05, 0.1) is 12.0 Å². The van der Waals surface area contributed by atoms with Gasteiger partial charge in [-0.15, -0.1) is 0 Å². The molecule has 1 saturated heterocycles. The third kappa shape index (κ3) is 5.95. The molecule has 3 unspecified atom stereocenters. The van der Waals surface area contributed by atoms with Crippen molar-refractivity contribution < 1.29 is 27.4 Å². The van der Waals surface area contributed by atoms with Crippen LogP contribution < -0.4 is 10.6 Å². The van der Waals surface area contributed by atoms with E-state index in [1.54, 1.807) is 0 Å². The van der Waals surface area contributed by atoms with Gasteiger partial charge in [0, 0.05) is 49.6 Å². The summed E-state index contributed by atoms with van der Waals surface area (Å²) < 4.78 is 49.7. The molecule has 2 aliphatic heterocycles. The molecule has 0 radical (unpaired) electrons. The first-order valence-corrected chi connectivity index (χ1v) is 11.9. The fraction of sp³-hybridized carbons (Fsp3) is 0.870. The Hall–Kier alpha value is -1.28. The Morgan fingerprint density at radius 3 is 2.55 bits per heavy atom. The molecule has 0 aromatic carbocycles. The van der Waals surface area contributed by atoms with Crippen LogP contribution in [0, 0.1) is 23.7 Å². The maximum atomic E-state index is 12.8. The lowest BCUT2D eigenvalue weighted by Crippen LogP contribution is -2.39. The molecule has 176 valence electrons. The predicted molar refractivity (Wildman–Crippen MR) is 110 cm³/mol. The highest BCUT2D eigenvalue weighted by atomic mass is 19.4. The molecule has 4 aliphatic rings. The van der Waals surface area contributed by atoms with Gasteiger partial charge in [0.15, 0.2) is 0 Å². The third-order valence-electron chi connectivity index (χ3n) is 7.69. The minimum Gasteiger partial charge on any atom is -0.386 e. The lowest BCUT2D eigenvalue weighted by atomic mass is 9.76. The van der Waals surface area contributed by atoms with Crippen molar-refractivity contribution in [1.82, 2.24) is 10.6 Å². The molecule has 5 nitrogen and oxygen atoms in total. The van der Waals surface area contributed by atoms with E-state index in [4.69, 9.17) is 9.47 Å². The average molecular weight is 445 g/mol. The second-order valence-electron chi connectivity index (χ2n) is 9.71. The van der Waals surface area contributed by atoms with Crippen molar-refractivity contribution in [2.24, 2.45) is 23.7 Å². The predicted octanol–water partition coefficient (Wildman–Crippen LogP) is 4.29. The summed E-state index contributed by atoms with van der Waals surface area (Å²) in [6.07, 6.45) is 4.98. The van der Waals surface area contributed by atoms with E-state index in [0.717, 1.165) is 44.2 Å². The van der Waals surface area contributed by atoms with E-state index in [2.05, 4.69) is 10.6 Å². The van der Waals surface area contributed by atoms with Gasteiger partial charge >= 0.3 is 6.18 Å². The van der Waals surface area contributed by atoms with Crippen LogP contribution in [0.4, 0.5) is 13.2 Å². The number of hydrogen-bond acceptors (Lipinski definition) is 4. The van der Waals surface area contributed by atoms with Crippen LogP contribution in [-0.2, 0) is 14.3 Å². The number of fused-ring (bicyclic) bond motifs is 1. The molecule has 3 atom stereocenters. The first kappa shape index (κ1) is 22.9. The maximum absolute atomic E-state index is 12.8. The van der Waals surface area contributed by atoms with Crippen molar-refractivity contribution >= 4 is 5.91 Å². The van der Waals surface area contributed by atoms with Crippen LogP contribution in [0.2, 0.25) is 0 Å². The largest absolute Gasteiger partial charge is 0.391 e. The van der Waals surface area contributed by atoms with Crippen molar-refractivity contribution in [1.29, 1.82) is 0 Å². The summed E-state index contributed by atoms with van der Waals surface area (Å²) >= 11 is 0. The van der Waals surface area contributed by atoms with Crippen LogP contribution in [0.15, 0.2) is 11.9 Å². The van der Waals surface area contributed by atoms with Gasteiger partial charge in [-0.2, -0.15) is 13.2 Å². The van der Waals surface area contributed by atoms with Gasteiger partial charge in [-0.3, -0.25) is 4.79 Å². The standard InChI is InChI=1S/C23H35F3N2O3/c24-23(25,26)17-2-4-18(5-3-17)31-12-7-15-1-6-20-19(13-15)21(14-27-20)28-22(29)16-8-10-30-11-9-16/h14-20,27H,1-13H2,(H,28,29).